The number of hydrogen-bond donors (Lipinski definition) is 2. The molecule has 0 spiro atoms. The number of hydrogen-bond acceptors (Lipinski definition) is 3. The Morgan fingerprint density at radius 3 is 2.20 bits per heavy atom. The molecule has 0 radical (unpaired) electrons. The van der Waals surface area contributed by atoms with Crippen molar-refractivity contribution in [3.8, 4) is 0 Å². The number of nitrogens with one attached hydrogen (secondary N) is 1. The van der Waals surface area contributed by atoms with Crippen molar-refractivity contribution in [2.75, 3.05) is 0 Å². The van der Waals surface area contributed by atoms with Crippen LogP contribution in [-0.4, -0.2) is 16.9 Å². The number of imide groups is 1. The molecule has 2 rings (SSSR count). The molecule has 2 aromatic rings. The van der Waals surface area contributed by atoms with E-state index in [1.54, 1.807) is 54.6 Å². The van der Waals surface area contributed by atoms with Crippen LogP contribution in [0.1, 0.15) is 27.6 Å². The average molecular weight is 269 g/mol. The topological polar surface area (TPSA) is 66.4 Å². The van der Waals surface area contributed by atoms with Crippen LogP contribution in [0.2, 0.25) is 0 Å². The van der Waals surface area contributed by atoms with Crippen LogP contribution in [0, 0.1) is 6.92 Å². The van der Waals surface area contributed by atoms with Crippen LogP contribution in [0.5, 0.6) is 0 Å². The van der Waals surface area contributed by atoms with E-state index in [1.165, 1.54) is 0 Å². The van der Waals surface area contributed by atoms with E-state index >= 15 is 0 Å². The summed E-state index contributed by atoms with van der Waals surface area (Å²) in [7, 11) is 0. The third kappa shape index (κ3) is 3.30. The molecule has 4 heteroatoms. The highest BCUT2D eigenvalue weighted by Crippen LogP contribution is 2.14. The molecular weight excluding hydrogens is 254 g/mol. The fourth-order valence-electron chi connectivity index (χ4n) is 1.74. The van der Waals surface area contributed by atoms with Gasteiger partial charge in [0, 0.05) is 5.56 Å². The van der Waals surface area contributed by atoms with E-state index < -0.39 is 17.9 Å². The lowest BCUT2D eigenvalue weighted by atomic mass is 10.1. The minimum atomic E-state index is -1.36. The van der Waals surface area contributed by atoms with Gasteiger partial charge in [-0.2, -0.15) is 0 Å². The van der Waals surface area contributed by atoms with Gasteiger partial charge in [-0.05, 0) is 24.6 Å². The predicted octanol–water partition coefficient (Wildman–Crippen LogP) is 1.99. The lowest BCUT2D eigenvalue weighted by Crippen LogP contribution is -2.34. The van der Waals surface area contributed by atoms with Crippen molar-refractivity contribution in [3.63, 3.8) is 0 Å². The SMILES string of the molecule is Cc1ccc([C@@H](O)C(=O)NC(=O)c2ccccc2)cc1. The molecule has 0 saturated heterocycles. The first-order valence-corrected chi connectivity index (χ1v) is 6.23. The fourth-order valence-corrected chi connectivity index (χ4v) is 1.74. The van der Waals surface area contributed by atoms with Crippen LogP contribution >= 0.6 is 0 Å². The molecule has 0 fully saturated rings. The maximum Gasteiger partial charge on any atom is 0.260 e. The first-order chi connectivity index (χ1) is 9.58. The highest BCUT2D eigenvalue weighted by Gasteiger charge is 2.19. The molecule has 4 nitrogen and oxygen atoms in total. The van der Waals surface area contributed by atoms with Gasteiger partial charge in [-0.1, -0.05) is 48.0 Å². The Kier molecular flexibility index (Phi) is 4.27. The molecule has 0 aliphatic carbocycles. The Hall–Kier alpha value is -2.46. The number of carbonyl (C=O) groups is 2. The number of aliphatic hydroxyl groups is 1. The maximum absolute atomic E-state index is 11.8. The smallest absolute Gasteiger partial charge is 0.260 e. The predicted molar refractivity (Wildman–Crippen MR) is 75.1 cm³/mol. The highest BCUT2D eigenvalue weighted by atomic mass is 16.3. The van der Waals surface area contributed by atoms with Crippen molar-refractivity contribution >= 4 is 11.8 Å². The van der Waals surface area contributed by atoms with Gasteiger partial charge in [-0.25, -0.2) is 0 Å². The Balaban J connectivity index is 2.05. The van der Waals surface area contributed by atoms with Crippen LogP contribution in [0.4, 0.5) is 0 Å². The van der Waals surface area contributed by atoms with Gasteiger partial charge in [0.05, 0.1) is 0 Å². The Morgan fingerprint density at radius 1 is 1.00 bits per heavy atom. The van der Waals surface area contributed by atoms with E-state index in [9.17, 15) is 14.7 Å². The van der Waals surface area contributed by atoms with E-state index in [4.69, 9.17) is 0 Å². The number of aliphatic hydroxyl groups excluding tert-OH is 1. The number of amides is 2. The van der Waals surface area contributed by atoms with Gasteiger partial charge in [-0.15, -0.1) is 0 Å². The van der Waals surface area contributed by atoms with Crippen molar-refractivity contribution in [2.45, 2.75) is 13.0 Å². The first-order valence-electron chi connectivity index (χ1n) is 6.23. The van der Waals surface area contributed by atoms with Crippen LogP contribution < -0.4 is 5.32 Å². The van der Waals surface area contributed by atoms with Crippen molar-refractivity contribution in [1.29, 1.82) is 0 Å². The molecule has 0 saturated carbocycles. The molecule has 2 aromatic carbocycles. The minimum absolute atomic E-state index is 0.372. The molecule has 0 aliphatic rings. The third-order valence-corrected chi connectivity index (χ3v) is 2.91. The second-order valence-electron chi connectivity index (χ2n) is 4.50. The molecule has 0 aromatic heterocycles. The van der Waals surface area contributed by atoms with Crippen molar-refractivity contribution in [3.05, 3.63) is 71.3 Å². The summed E-state index contributed by atoms with van der Waals surface area (Å²) < 4.78 is 0. The second kappa shape index (κ2) is 6.12. The van der Waals surface area contributed by atoms with Gasteiger partial charge in [0.25, 0.3) is 11.8 Å². The van der Waals surface area contributed by atoms with E-state index in [1.807, 2.05) is 6.92 Å². The van der Waals surface area contributed by atoms with E-state index in [0.717, 1.165) is 5.56 Å². The fraction of sp³-hybridized carbons (Fsp3) is 0.125. The van der Waals surface area contributed by atoms with Gasteiger partial charge < -0.3 is 5.11 Å². The van der Waals surface area contributed by atoms with Gasteiger partial charge in [0.2, 0.25) is 0 Å². The number of rotatable bonds is 3. The molecule has 102 valence electrons. The molecule has 2 N–H and O–H groups in total. The Bertz CT molecular complexity index is 605. The number of carbonyl (C=O) groups excluding carboxylic acids is 2. The molecule has 0 unspecified atom stereocenters. The average Bonchev–Trinajstić information content (AvgIpc) is 2.48. The summed E-state index contributed by atoms with van der Waals surface area (Å²) in [6.45, 7) is 1.91. The molecule has 0 heterocycles. The Labute approximate surface area is 117 Å². The molecule has 20 heavy (non-hydrogen) atoms. The summed E-state index contributed by atoms with van der Waals surface area (Å²) in [6, 6.07) is 15.3. The standard InChI is InChI=1S/C16H15NO3/c1-11-7-9-12(10-8-11)14(18)16(20)17-15(19)13-5-3-2-4-6-13/h2-10,14,18H,1H3,(H,17,19,20)/t14-/m1/s1. The zero-order chi connectivity index (χ0) is 14.5. The minimum Gasteiger partial charge on any atom is -0.378 e. The van der Waals surface area contributed by atoms with Crippen LogP contribution in [0.25, 0.3) is 0 Å². The summed E-state index contributed by atoms with van der Waals surface area (Å²) in [6.07, 6.45) is -1.36. The van der Waals surface area contributed by atoms with E-state index in [0.29, 0.717) is 11.1 Å². The van der Waals surface area contributed by atoms with Gasteiger partial charge >= 0.3 is 0 Å². The monoisotopic (exact) mass is 269 g/mol. The maximum atomic E-state index is 11.8. The van der Waals surface area contributed by atoms with E-state index in [-0.39, 0.29) is 0 Å². The summed E-state index contributed by atoms with van der Waals surface area (Å²) in [5, 5.41) is 12.1. The third-order valence-electron chi connectivity index (χ3n) is 2.91. The molecular formula is C16H15NO3. The summed E-state index contributed by atoms with van der Waals surface area (Å²) in [5.41, 5.74) is 1.85. The summed E-state index contributed by atoms with van der Waals surface area (Å²) in [4.78, 5) is 23.6. The van der Waals surface area contributed by atoms with Gasteiger partial charge in [0.1, 0.15) is 0 Å². The quantitative estimate of drug-likeness (QED) is 0.895. The largest absolute Gasteiger partial charge is 0.378 e. The zero-order valence-electron chi connectivity index (χ0n) is 11.0. The Morgan fingerprint density at radius 2 is 1.60 bits per heavy atom. The number of benzene rings is 2. The highest BCUT2D eigenvalue weighted by molar-refractivity contribution is 6.05. The van der Waals surface area contributed by atoms with E-state index in [2.05, 4.69) is 5.32 Å². The first kappa shape index (κ1) is 14.0. The van der Waals surface area contributed by atoms with Crippen molar-refractivity contribution in [1.82, 2.24) is 5.32 Å². The number of aryl methyl sites for hydroxylation is 1. The van der Waals surface area contributed by atoms with Crippen molar-refractivity contribution < 1.29 is 14.7 Å². The molecule has 0 bridgehead atoms. The zero-order valence-corrected chi connectivity index (χ0v) is 11.0. The second-order valence-corrected chi connectivity index (χ2v) is 4.50. The van der Waals surface area contributed by atoms with Crippen LogP contribution in [0.3, 0.4) is 0 Å². The summed E-state index contributed by atoms with van der Waals surface area (Å²) in [5.74, 6) is -1.26. The summed E-state index contributed by atoms with van der Waals surface area (Å²) >= 11 is 0. The van der Waals surface area contributed by atoms with Crippen LogP contribution in [0.15, 0.2) is 54.6 Å². The van der Waals surface area contributed by atoms with Gasteiger partial charge in [-0.3, -0.25) is 14.9 Å². The molecule has 1 atom stereocenters. The van der Waals surface area contributed by atoms with Crippen molar-refractivity contribution in [2.24, 2.45) is 0 Å². The van der Waals surface area contributed by atoms with Gasteiger partial charge in [0.15, 0.2) is 6.10 Å². The van der Waals surface area contributed by atoms with Crippen LogP contribution in [-0.2, 0) is 4.79 Å². The normalized spacial score (nSPS) is 11.7. The lowest BCUT2D eigenvalue weighted by molar-refractivity contribution is -0.128. The molecule has 0 aliphatic heterocycles. The molecule has 2 amide bonds. The lowest BCUT2D eigenvalue weighted by Gasteiger charge is -2.11.